The van der Waals surface area contributed by atoms with Crippen LogP contribution in [-0.2, 0) is 0 Å². The highest BCUT2D eigenvalue weighted by Gasteiger charge is 1.55. The maximum absolute atomic E-state index is 2.00. The van der Waals surface area contributed by atoms with Crippen molar-refractivity contribution in [2.75, 3.05) is 0 Å². The summed E-state index contributed by atoms with van der Waals surface area (Å²) in [6.45, 7) is 8.00. The highest BCUT2D eigenvalue weighted by molar-refractivity contribution is 5.09. The molecule has 0 N–H and O–H groups in total. The van der Waals surface area contributed by atoms with Gasteiger partial charge < -0.3 is 0 Å². The maximum atomic E-state index is 2.00. The molecule has 0 aromatic rings. The zero-order chi connectivity index (χ0) is 8.24. The molecule has 0 heterocycles. The minimum atomic E-state index is 2.00. The van der Waals surface area contributed by atoms with Gasteiger partial charge >= 0.3 is 0 Å². The molecule has 0 radical (unpaired) electrons. The SMILES string of the molecule is CC.C\C=C/C=C\C=C/C. The molecule has 0 unspecified atom stereocenters. The van der Waals surface area contributed by atoms with Crippen molar-refractivity contribution in [2.45, 2.75) is 27.7 Å². The van der Waals surface area contributed by atoms with E-state index in [4.69, 9.17) is 0 Å². The Labute approximate surface area is 65.0 Å². The normalized spacial score (nSPS) is 10.8. The average Bonchev–Trinajstić information content (AvgIpc) is 2.02. The van der Waals surface area contributed by atoms with Crippen LogP contribution in [0.4, 0.5) is 0 Å². The van der Waals surface area contributed by atoms with Gasteiger partial charge in [-0.25, -0.2) is 0 Å². The highest BCUT2D eigenvalue weighted by Crippen LogP contribution is 1.77. The fourth-order valence-corrected chi connectivity index (χ4v) is 0.351. The lowest BCUT2D eigenvalue weighted by Crippen LogP contribution is -1.46. The summed E-state index contributed by atoms with van der Waals surface area (Å²) in [5.74, 6) is 0. The Morgan fingerprint density at radius 1 is 0.600 bits per heavy atom. The van der Waals surface area contributed by atoms with Crippen LogP contribution in [0, 0.1) is 0 Å². The summed E-state index contributed by atoms with van der Waals surface area (Å²) >= 11 is 0. The lowest BCUT2D eigenvalue weighted by Gasteiger charge is -1.68. The molecule has 10 heavy (non-hydrogen) atoms. The van der Waals surface area contributed by atoms with Crippen LogP contribution >= 0.6 is 0 Å². The van der Waals surface area contributed by atoms with Gasteiger partial charge in [0.1, 0.15) is 0 Å². The third-order valence-electron chi connectivity index (χ3n) is 0.718. The summed E-state index contributed by atoms with van der Waals surface area (Å²) in [7, 11) is 0. The summed E-state index contributed by atoms with van der Waals surface area (Å²) in [5, 5.41) is 0. The van der Waals surface area contributed by atoms with Gasteiger partial charge in [-0.15, -0.1) is 0 Å². The Morgan fingerprint density at radius 3 is 1.10 bits per heavy atom. The van der Waals surface area contributed by atoms with Crippen LogP contribution < -0.4 is 0 Å². The topological polar surface area (TPSA) is 0 Å². The minimum absolute atomic E-state index is 2.00. The molecule has 0 heteroatoms. The Hall–Kier alpha value is -0.780. The third kappa shape index (κ3) is 15.7. The molecule has 0 aromatic carbocycles. The Kier molecular flexibility index (Phi) is 18.8. The number of rotatable bonds is 2. The molecule has 0 rings (SSSR count). The predicted molar refractivity (Wildman–Crippen MR) is 50.1 cm³/mol. The van der Waals surface area contributed by atoms with Gasteiger partial charge in [-0.2, -0.15) is 0 Å². The molecule has 0 saturated heterocycles. The first-order valence-corrected chi connectivity index (χ1v) is 3.82. The zero-order valence-corrected chi connectivity index (χ0v) is 7.46. The summed E-state index contributed by atoms with van der Waals surface area (Å²) < 4.78 is 0. The van der Waals surface area contributed by atoms with Gasteiger partial charge in [-0.1, -0.05) is 50.3 Å². The molecule has 0 aromatic heterocycles. The molecular weight excluding hydrogens is 120 g/mol. The molecule has 0 amide bonds. The molecule has 0 aliphatic carbocycles. The third-order valence-corrected chi connectivity index (χ3v) is 0.718. The van der Waals surface area contributed by atoms with Crippen LogP contribution in [0.2, 0.25) is 0 Å². The van der Waals surface area contributed by atoms with Crippen molar-refractivity contribution in [1.29, 1.82) is 0 Å². The Balaban J connectivity index is 0. The molecule has 58 valence electrons. The highest BCUT2D eigenvalue weighted by atomic mass is 13.6. The molecule has 0 bridgehead atoms. The Morgan fingerprint density at radius 2 is 0.900 bits per heavy atom. The molecule has 0 spiro atoms. The second kappa shape index (κ2) is 15.7. The molecule has 0 nitrogen and oxygen atoms in total. The molecule has 0 aliphatic rings. The van der Waals surface area contributed by atoms with E-state index in [0.717, 1.165) is 0 Å². The summed E-state index contributed by atoms with van der Waals surface area (Å²) in [5.41, 5.74) is 0. The van der Waals surface area contributed by atoms with Crippen molar-refractivity contribution in [2.24, 2.45) is 0 Å². The quantitative estimate of drug-likeness (QED) is 0.510. The first-order valence-electron chi connectivity index (χ1n) is 3.82. The summed E-state index contributed by atoms with van der Waals surface area (Å²) in [4.78, 5) is 0. The van der Waals surface area contributed by atoms with E-state index in [1.807, 2.05) is 64.2 Å². The van der Waals surface area contributed by atoms with E-state index in [-0.39, 0.29) is 0 Å². The standard InChI is InChI=1S/C8H12.C2H6/c1-3-5-7-8-6-4-2;1-2/h3-8H,1-2H3;1-2H3/b5-3-,6-4-,8-7-;. The second-order valence-corrected chi connectivity index (χ2v) is 1.44. The van der Waals surface area contributed by atoms with Crippen LogP contribution in [0.5, 0.6) is 0 Å². The van der Waals surface area contributed by atoms with Crippen LogP contribution in [0.3, 0.4) is 0 Å². The molecule has 0 aliphatic heterocycles. The van der Waals surface area contributed by atoms with Gasteiger partial charge in [0.2, 0.25) is 0 Å². The van der Waals surface area contributed by atoms with Crippen molar-refractivity contribution in [1.82, 2.24) is 0 Å². The van der Waals surface area contributed by atoms with Crippen LogP contribution in [0.15, 0.2) is 36.5 Å². The smallest absolute Gasteiger partial charge is 0.0467 e. The van der Waals surface area contributed by atoms with E-state index < -0.39 is 0 Å². The lowest BCUT2D eigenvalue weighted by molar-refractivity contribution is 1.50. The average molecular weight is 138 g/mol. The minimum Gasteiger partial charge on any atom is -0.0877 e. The zero-order valence-electron chi connectivity index (χ0n) is 7.46. The van der Waals surface area contributed by atoms with Gasteiger partial charge in [0.05, 0.1) is 0 Å². The van der Waals surface area contributed by atoms with Crippen LogP contribution in [0.25, 0.3) is 0 Å². The summed E-state index contributed by atoms with van der Waals surface area (Å²) in [6.07, 6.45) is 12.0. The van der Waals surface area contributed by atoms with Crippen LogP contribution in [0.1, 0.15) is 27.7 Å². The lowest BCUT2D eigenvalue weighted by atomic mass is 10.4. The van der Waals surface area contributed by atoms with Gasteiger partial charge in [0.25, 0.3) is 0 Å². The largest absolute Gasteiger partial charge is 0.0877 e. The van der Waals surface area contributed by atoms with E-state index in [0.29, 0.717) is 0 Å². The molecular formula is C10H18. The number of hydrogen-bond donors (Lipinski definition) is 0. The van der Waals surface area contributed by atoms with Gasteiger partial charge in [0, 0.05) is 0 Å². The fourth-order valence-electron chi connectivity index (χ4n) is 0.351. The molecule has 0 saturated carbocycles. The van der Waals surface area contributed by atoms with Crippen molar-refractivity contribution in [3.05, 3.63) is 36.5 Å². The monoisotopic (exact) mass is 138 g/mol. The van der Waals surface area contributed by atoms with E-state index >= 15 is 0 Å². The number of hydrogen-bond acceptors (Lipinski definition) is 0. The van der Waals surface area contributed by atoms with E-state index in [2.05, 4.69) is 0 Å². The van der Waals surface area contributed by atoms with Crippen molar-refractivity contribution < 1.29 is 0 Å². The van der Waals surface area contributed by atoms with E-state index in [1.54, 1.807) is 0 Å². The van der Waals surface area contributed by atoms with Crippen molar-refractivity contribution in [3.63, 3.8) is 0 Å². The Bertz CT molecular complexity index is 91.2. The van der Waals surface area contributed by atoms with E-state index in [1.165, 1.54) is 0 Å². The predicted octanol–water partition coefficient (Wildman–Crippen LogP) is 3.72. The molecule has 0 fully saturated rings. The first kappa shape index (κ1) is 12.0. The van der Waals surface area contributed by atoms with Crippen molar-refractivity contribution in [3.8, 4) is 0 Å². The fraction of sp³-hybridized carbons (Fsp3) is 0.400. The maximum Gasteiger partial charge on any atom is -0.0467 e. The van der Waals surface area contributed by atoms with Gasteiger partial charge in [0.15, 0.2) is 0 Å². The summed E-state index contributed by atoms with van der Waals surface area (Å²) in [6, 6.07) is 0. The molecule has 0 atom stereocenters. The first-order chi connectivity index (χ1) is 4.91. The van der Waals surface area contributed by atoms with Crippen molar-refractivity contribution >= 4 is 0 Å². The van der Waals surface area contributed by atoms with Gasteiger partial charge in [-0.3, -0.25) is 0 Å². The number of allylic oxidation sites excluding steroid dienone is 6. The van der Waals surface area contributed by atoms with Crippen LogP contribution in [-0.4, -0.2) is 0 Å². The van der Waals surface area contributed by atoms with E-state index in [9.17, 15) is 0 Å². The van der Waals surface area contributed by atoms with Gasteiger partial charge in [-0.05, 0) is 13.8 Å². The second-order valence-electron chi connectivity index (χ2n) is 1.44.